The van der Waals surface area contributed by atoms with Crippen molar-refractivity contribution in [1.29, 1.82) is 0 Å². The lowest BCUT2D eigenvalue weighted by Gasteiger charge is -2.06. The fourth-order valence-electron chi connectivity index (χ4n) is 1.76. The molecule has 2 rings (SSSR count). The number of carbonyl (C=O) groups is 1. The van der Waals surface area contributed by atoms with Crippen molar-refractivity contribution in [3.8, 4) is 0 Å². The van der Waals surface area contributed by atoms with Gasteiger partial charge >= 0.3 is 0 Å². The average Bonchev–Trinajstić information content (AvgIpc) is 2.39. The van der Waals surface area contributed by atoms with Crippen molar-refractivity contribution in [2.45, 2.75) is 11.8 Å². The fraction of sp³-hybridized carbons (Fsp3) is 0.133. The van der Waals surface area contributed by atoms with Gasteiger partial charge in [-0.2, -0.15) is 0 Å². The van der Waals surface area contributed by atoms with E-state index in [2.05, 4.69) is 6.07 Å². The molecule has 0 radical (unpaired) electrons. The van der Waals surface area contributed by atoms with Crippen molar-refractivity contribution in [2.24, 2.45) is 0 Å². The quantitative estimate of drug-likeness (QED) is 0.599. The summed E-state index contributed by atoms with van der Waals surface area (Å²) in [5.74, 6) is 0.0933. The predicted molar refractivity (Wildman–Crippen MR) is 72.8 cm³/mol. The normalized spacial score (nSPS) is 10.2. The van der Waals surface area contributed by atoms with Gasteiger partial charge in [-0.1, -0.05) is 30.3 Å². The second-order valence-electron chi connectivity index (χ2n) is 3.88. The van der Waals surface area contributed by atoms with Crippen LogP contribution in [0.3, 0.4) is 0 Å². The predicted octanol–water partition coefficient (Wildman–Crippen LogP) is 3.95. The molecular weight excluding hydrogens is 228 g/mol. The lowest BCUT2D eigenvalue weighted by atomic mass is 9.99. The Morgan fingerprint density at radius 3 is 2.35 bits per heavy atom. The molecule has 0 N–H and O–H groups in total. The first-order valence-electron chi connectivity index (χ1n) is 5.47. The summed E-state index contributed by atoms with van der Waals surface area (Å²) in [5, 5.41) is 0. The van der Waals surface area contributed by atoms with E-state index in [9.17, 15) is 4.79 Å². The summed E-state index contributed by atoms with van der Waals surface area (Å²) >= 11 is 1.69. The Kier molecular flexibility index (Phi) is 3.64. The lowest BCUT2D eigenvalue weighted by molar-refractivity contribution is 0.103. The van der Waals surface area contributed by atoms with Crippen molar-refractivity contribution < 1.29 is 4.79 Å². The maximum atomic E-state index is 12.3. The van der Waals surface area contributed by atoms with Gasteiger partial charge in [0.2, 0.25) is 0 Å². The van der Waals surface area contributed by atoms with E-state index in [1.54, 1.807) is 11.8 Å². The molecule has 0 spiro atoms. The maximum Gasteiger partial charge on any atom is 0.193 e. The first-order chi connectivity index (χ1) is 8.22. The summed E-state index contributed by atoms with van der Waals surface area (Å²) in [7, 11) is 0. The van der Waals surface area contributed by atoms with Crippen LogP contribution < -0.4 is 0 Å². The Morgan fingerprint density at radius 1 is 1.06 bits per heavy atom. The molecule has 0 aromatic heterocycles. The van der Waals surface area contributed by atoms with E-state index in [1.165, 1.54) is 4.90 Å². The second kappa shape index (κ2) is 5.19. The zero-order chi connectivity index (χ0) is 12.3. The molecule has 0 atom stereocenters. The number of aryl methyl sites for hydroxylation is 1. The van der Waals surface area contributed by atoms with Gasteiger partial charge in [-0.3, -0.25) is 4.79 Å². The highest BCUT2D eigenvalue weighted by atomic mass is 32.2. The summed E-state index contributed by atoms with van der Waals surface area (Å²) in [4.78, 5) is 13.4. The SMILES string of the molecule is CSc1ccc(C(=O)c2ccccc2)c(C)c1. The molecule has 0 saturated heterocycles. The Hall–Kier alpha value is -1.54. The van der Waals surface area contributed by atoms with Crippen LogP contribution in [0.1, 0.15) is 21.5 Å². The van der Waals surface area contributed by atoms with Crippen molar-refractivity contribution in [1.82, 2.24) is 0 Å². The minimum Gasteiger partial charge on any atom is -0.289 e. The van der Waals surface area contributed by atoms with Gasteiger partial charge in [-0.25, -0.2) is 0 Å². The molecule has 0 fully saturated rings. The molecule has 0 bridgehead atoms. The number of benzene rings is 2. The van der Waals surface area contributed by atoms with Crippen LogP contribution in [0.15, 0.2) is 53.4 Å². The van der Waals surface area contributed by atoms with Crippen molar-refractivity contribution in [3.05, 3.63) is 65.2 Å². The van der Waals surface area contributed by atoms with Crippen LogP contribution in [-0.2, 0) is 0 Å². The Morgan fingerprint density at radius 2 is 1.76 bits per heavy atom. The Balaban J connectivity index is 2.38. The molecular formula is C15H14OS. The van der Waals surface area contributed by atoms with E-state index in [0.29, 0.717) is 0 Å². The van der Waals surface area contributed by atoms with Crippen molar-refractivity contribution in [3.63, 3.8) is 0 Å². The van der Waals surface area contributed by atoms with Gasteiger partial charge in [-0.15, -0.1) is 11.8 Å². The molecule has 2 aromatic rings. The maximum absolute atomic E-state index is 12.3. The second-order valence-corrected chi connectivity index (χ2v) is 4.76. The van der Waals surface area contributed by atoms with Crippen LogP contribution in [0.5, 0.6) is 0 Å². The smallest absolute Gasteiger partial charge is 0.193 e. The van der Waals surface area contributed by atoms with Gasteiger partial charge in [0.05, 0.1) is 0 Å². The monoisotopic (exact) mass is 242 g/mol. The van der Waals surface area contributed by atoms with E-state index < -0.39 is 0 Å². The van der Waals surface area contributed by atoms with Gasteiger partial charge in [0.1, 0.15) is 0 Å². The van der Waals surface area contributed by atoms with Crippen LogP contribution in [-0.4, -0.2) is 12.0 Å². The van der Waals surface area contributed by atoms with Crippen LogP contribution in [0.2, 0.25) is 0 Å². The van der Waals surface area contributed by atoms with Gasteiger partial charge in [0.15, 0.2) is 5.78 Å². The molecule has 0 heterocycles. The third-order valence-corrected chi connectivity index (χ3v) is 3.44. The van der Waals surface area contributed by atoms with Crippen LogP contribution in [0.25, 0.3) is 0 Å². The molecule has 17 heavy (non-hydrogen) atoms. The highest BCUT2D eigenvalue weighted by Gasteiger charge is 2.11. The molecule has 2 aromatic carbocycles. The fourth-order valence-corrected chi connectivity index (χ4v) is 2.26. The van der Waals surface area contributed by atoms with E-state index in [-0.39, 0.29) is 5.78 Å². The molecule has 1 nitrogen and oxygen atoms in total. The summed E-state index contributed by atoms with van der Waals surface area (Å²) in [5.41, 5.74) is 2.56. The largest absolute Gasteiger partial charge is 0.289 e. The number of ketones is 1. The van der Waals surface area contributed by atoms with Crippen LogP contribution >= 0.6 is 11.8 Å². The van der Waals surface area contributed by atoms with Gasteiger partial charge < -0.3 is 0 Å². The first kappa shape index (κ1) is 11.9. The highest BCUT2D eigenvalue weighted by molar-refractivity contribution is 7.98. The average molecular weight is 242 g/mol. The molecule has 0 aliphatic carbocycles. The van der Waals surface area contributed by atoms with Crippen LogP contribution in [0, 0.1) is 6.92 Å². The number of hydrogen-bond acceptors (Lipinski definition) is 2. The summed E-state index contributed by atoms with van der Waals surface area (Å²) in [6.45, 7) is 1.98. The minimum absolute atomic E-state index is 0.0933. The molecule has 0 amide bonds. The molecule has 0 aliphatic rings. The minimum atomic E-state index is 0.0933. The number of carbonyl (C=O) groups excluding carboxylic acids is 1. The Bertz CT molecular complexity index is 532. The molecule has 0 saturated carbocycles. The van der Waals surface area contributed by atoms with E-state index >= 15 is 0 Å². The first-order valence-corrected chi connectivity index (χ1v) is 6.69. The Labute approximate surface area is 106 Å². The third kappa shape index (κ3) is 2.59. The molecule has 2 heteroatoms. The van der Waals surface area contributed by atoms with Gasteiger partial charge in [0.25, 0.3) is 0 Å². The van der Waals surface area contributed by atoms with E-state index in [4.69, 9.17) is 0 Å². The van der Waals surface area contributed by atoms with E-state index in [0.717, 1.165) is 16.7 Å². The summed E-state index contributed by atoms with van der Waals surface area (Å²) < 4.78 is 0. The van der Waals surface area contributed by atoms with Crippen molar-refractivity contribution in [2.75, 3.05) is 6.26 Å². The zero-order valence-electron chi connectivity index (χ0n) is 9.94. The van der Waals surface area contributed by atoms with Crippen LogP contribution in [0.4, 0.5) is 0 Å². The summed E-state index contributed by atoms with van der Waals surface area (Å²) in [6, 6.07) is 15.4. The molecule has 0 aliphatic heterocycles. The standard InChI is InChI=1S/C15H14OS/c1-11-10-13(17-2)8-9-14(11)15(16)12-6-4-3-5-7-12/h3-10H,1-2H3. The molecule has 86 valence electrons. The lowest BCUT2D eigenvalue weighted by Crippen LogP contribution is -2.03. The number of hydrogen-bond donors (Lipinski definition) is 0. The zero-order valence-corrected chi connectivity index (χ0v) is 10.8. The van der Waals surface area contributed by atoms with Crippen molar-refractivity contribution >= 4 is 17.5 Å². The van der Waals surface area contributed by atoms with Gasteiger partial charge in [0, 0.05) is 16.0 Å². The topological polar surface area (TPSA) is 17.1 Å². The summed E-state index contributed by atoms with van der Waals surface area (Å²) in [6.07, 6.45) is 2.04. The third-order valence-electron chi connectivity index (χ3n) is 2.71. The number of rotatable bonds is 3. The highest BCUT2D eigenvalue weighted by Crippen LogP contribution is 2.21. The number of thioether (sulfide) groups is 1. The van der Waals surface area contributed by atoms with Gasteiger partial charge in [-0.05, 0) is 36.9 Å². The molecule has 0 unspecified atom stereocenters. The van der Waals surface area contributed by atoms with E-state index in [1.807, 2.05) is 55.6 Å².